The smallest absolute Gasteiger partial charge is 0.387 e. The standard InChI is InChI=1S/C14H11ClF2N2O2/c15-12-8-18-6-5-11(12)13(20)19-7-9-1-3-10(4-2-9)21-14(16)17/h1-6,8,14H,7H2,(H,19,20). The van der Waals surface area contributed by atoms with Gasteiger partial charge in [0.2, 0.25) is 0 Å². The predicted molar refractivity (Wildman–Crippen MR) is 73.5 cm³/mol. The molecule has 1 heterocycles. The monoisotopic (exact) mass is 312 g/mol. The molecule has 0 radical (unpaired) electrons. The highest BCUT2D eigenvalue weighted by Gasteiger charge is 2.09. The molecule has 21 heavy (non-hydrogen) atoms. The number of ether oxygens (including phenoxy) is 1. The first-order valence-corrected chi connectivity index (χ1v) is 6.35. The van der Waals surface area contributed by atoms with E-state index in [-0.39, 0.29) is 23.2 Å². The van der Waals surface area contributed by atoms with Crippen molar-refractivity contribution in [3.63, 3.8) is 0 Å². The van der Waals surface area contributed by atoms with Crippen LogP contribution in [0.3, 0.4) is 0 Å². The number of amides is 1. The first kappa shape index (κ1) is 15.2. The maximum absolute atomic E-state index is 12.0. The lowest BCUT2D eigenvalue weighted by Gasteiger charge is -2.08. The van der Waals surface area contributed by atoms with E-state index in [0.29, 0.717) is 5.56 Å². The highest BCUT2D eigenvalue weighted by molar-refractivity contribution is 6.33. The molecule has 0 aliphatic carbocycles. The molecule has 0 fully saturated rings. The van der Waals surface area contributed by atoms with Crippen LogP contribution in [0.5, 0.6) is 5.75 Å². The zero-order chi connectivity index (χ0) is 15.2. The SMILES string of the molecule is O=C(NCc1ccc(OC(F)F)cc1)c1ccncc1Cl. The molecule has 0 saturated heterocycles. The number of benzene rings is 1. The van der Waals surface area contributed by atoms with Crippen LogP contribution in [0.1, 0.15) is 15.9 Å². The van der Waals surface area contributed by atoms with E-state index in [1.165, 1.54) is 30.6 Å². The fraction of sp³-hybridized carbons (Fsp3) is 0.143. The van der Waals surface area contributed by atoms with Crippen molar-refractivity contribution in [3.05, 3.63) is 58.9 Å². The molecule has 2 aromatic rings. The molecule has 1 aromatic heterocycles. The Hall–Kier alpha value is -2.21. The van der Waals surface area contributed by atoms with Crippen molar-refractivity contribution in [1.29, 1.82) is 0 Å². The third kappa shape index (κ3) is 4.39. The minimum absolute atomic E-state index is 0.0669. The van der Waals surface area contributed by atoms with Crippen molar-refractivity contribution < 1.29 is 18.3 Å². The maximum atomic E-state index is 12.0. The summed E-state index contributed by atoms with van der Waals surface area (Å²) in [5.41, 5.74) is 1.07. The van der Waals surface area contributed by atoms with Crippen molar-refractivity contribution >= 4 is 17.5 Å². The summed E-state index contributed by atoms with van der Waals surface area (Å²) in [5, 5.41) is 2.94. The molecule has 0 spiro atoms. The maximum Gasteiger partial charge on any atom is 0.387 e. The van der Waals surface area contributed by atoms with Crippen molar-refractivity contribution in [1.82, 2.24) is 10.3 Å². The van der Waals surface area contributed by atoms with Crippen LogP contribution in [-0.2, 0) is 6.54 Å². The molecule has 7 heteroatoms. The number of carbonyl (C=O) groups is 1. The van der Waals surface area contributed by atoms with E-state index in [2.05, 4.69) is 15.0 Å². The first-order chi connectivity index (χ1) is 10.1. The number of pyridine rings is 1. The Morgan fingerprint density at radius 2 is 2.00 bits per heavy atom. The second-order valence-electron chi connectivity index (χ2n) is 4.06. The molecule has 0 aliphatic heterocycles. The van der Waals surface area contributed by atoms with Gasteiger partial charge in [0.25, 0.3) is 5.91 Å². The number of aromatic nitrogens is 1. The van der Waals surface area contributed by atoms with Gasteiger partial charge in [-0.3, -0.25) is 9.78 Å². The lowest BCUT2D eigenvalue weighted by atomic mass is 10.2. The summed E-state index contributed by atoms with van der Waals surface area (Å²) in [6, 6.07) is 7.51. The third-order valence-corrected chi connectivity index (χ3v) is 2.92. The number of alkyl halides is 2. The number of hydrogen-bond donors (Lipinski definition) is 1. The van der Waals surface area contributed by atoms with Crippen LogP contribution >= 0.6 is 11.6 Å². The summed E-state index contributed by atoms with van der Waals surface area (Å²) in [4.78, 5) is 15.7. The van der Waals surface area contributed by atoms with Crippen LogP contribution in [-0.4, -0.2) is 17.5 Å². The molecule has 4 nitrogen and oxygen atoms in total. The van der Waals surface area contributed by atoms with Crippen LogP contribution in [0.25, 0.3) is 0 Å². The van der Waals surface area contributed by atoms with Crippen LogP contribution in [0.4, 0.5) is 8.78 Å². The van der Waals surface area contributed by atoms with Crippen molar-refractivity contribution in [3.8, 4) is 5.75 Å². The molecule has 0 saturated carbocycles. The van der Waals surface area contributed by atoms with Gasteiger partial charge in [0, 0.05) is 18.9 Å². The van der Waals surface area contributed by atoms with Gasteiger partial charge in [-0.05, 0) is 23.8 Å². The van der Waals surface area contributed by atoms with E-state index in [0.717, 1.165) is 5.56 Å². The van der Waals surface area contributed by atoms with Gasteiger partial charge < -0.3 is 10.1 Å². The second kappa shape index (κ2) is 6.99. The minimum atomic E-state index is -2.86. The predicted octanol–water partition coefficient (Wildman–Crippen LogP) is 3.27. The van der Waals surface area contributed by atoms with Crippen molar-refractivity contribution in [2.45, 2.75) is 13.2 Å². The van der Waals surface area contributed by atoms with Gasteiger partial charge in [-0.25, -0.2) is 0 Å². The van der Waals surface area contributed by atoms with Crippen LogP contribution < -0.4 is 10.1 Å². The van der Waals surface area contributed by atoms with Crippen molar-refractivity contribution in [2.24, 2.45) is 0 Å². The average Bonchev–Trinajstić information content (AvgIpc) is 2.46. The second-order valence-corrected chi connectivity index (χ2v) is 4.47. The molecule has 1 N–H and O–H groups in total. The number of halogens is 3. The highest BCUT2D eigenvalue weighted by atomic mass is 35.5. The average molecular weight is 313 g/mol. The van der Waals surface area contributed by atoms with Gasteiger partial charge in [-0.15, -0.1) is 0 Å². The summed E-state index contributed by atoms with van der Waals surface area (Å²) in [7, 11) is 0. The molecule has 1 amide bonds. The Labute approximate surface area is 124 Å². The summed E-state index contributed by atoms with van der Waals surface area (Å²) in [6.45, 7) is -2.61. The molecule has 0 unspecified atom stereocenters. The first-order valence-electron chi connectivity index (χ1n) is 5.97. The summed E-state index contributed by atoms with van der Waals surface area (Å²) in [5.74, 6) is -0.271. The summed E-state index contributed by atoms with van der Waals surface area (Å²) >= 11 is 5.86. The van der Waals surface area contributed by atoms with Crippen LogP contribution in [0.2, 0.25) is 5.02 Å². The lowest BCUT2D eigenvalue weighted by molar-refractivity contribution is -0.0498. The largest absolute Gasteiger partial charge is 0.435 e. The Bertz CT molecular complexity index is 621. The number of rotatable bonds is 5. The van der Waals surface area contributed by atoms with Gasteiger partial charge in [-0.2, -0.15) is 8.78 Å². The van der Waals surface area contributed by atoms with E-state index in [9.17, 15) is 13.6 Å². The number of hydrogen-bond acceptors (Lipinski definition) is 3. The molecule has 1 aromatic carbocycles. The third-order valence-electron chi connectivity index (χ3n) is 2.62. The normalized spacial score (nSPS) is 10.5. The number of nitrogens with one attached hydrogen (secondary N) is 1. The molecule has 110 valence electrons. The number of carbonyl (C=O) groups excluding carboxylic acids is 1. The van der Waals surface area contributed by atoms with Crippen LogP contribution in [0.15, 0.2) is 42.7 Å². The molecule has 0 atom stereocenters. The minimum Gasteiger partial charge on any atom is -0.435 e. The topological polar surface area (TPSA) is 51.2 Å². The number of nitrogens with zero attached hydrogens (tertiary/aromatic N) is 1. The zero-order valence-corrected chi connectivity index (χ0v) is 11.5. The van der Waals surface area contributed by atoms with Gasteiger partial charge in [-0.1, -0.05) is 23.7 Å². The van der Waals surface area contributed by atoms with E-state index >= 15 is 0 Å². The van der Waals surface area contributed by atoms with E-state index in [4.69, 9.17) is 11.6 Å². The lowest BCUT2D eigenvalue weighted by Crippen LogP contribution is -2.23. The molecular formula is C14H11ClF2N2O2. The Kier molecular flexibility index (Phi) is 5.05. The molecule has 0 aliphatic rings. The van der Waals surface area contributed by atoms with E-state index in [1.54, 1.807) is 12.1 Å². The van der Waals surface area contributed by atoms with E-state index < -0.39 is 6.61 Å². The fourth-order valence-corrected chi connectivity index (χ4v) is 1.83. The fourth-order valence-electron chi connectivity index (χ4n) is 1.63. The summed E-state index contributed by atoms with van der Waals surface area (Å²) < 4.78 is 28.2. The van der Waals surface area contributed by atoms with Gasteiger partial charge >= 0.3 is 6.61 Å². The van der Waals surface area contributed by atoms with Crippen molar-refractivity contribution in [2.75, 3.05) is 0 Å². The Balaban J connectivity index is 1.94. The molecular weight excluding hydrogens is 302 g/mol. The summed E-state index contributed by atoms with van der Waals surface area (Å²) in [6.07, 6.45) is 2.85. The molecule has 2 rings (SSSR count). The van der Waals surface area contributed by atoms with E-state index in [1.807, 2.05) is 0 Å². The zero-order valence-electron chi connectivity index (χ0n) is 10.7. The van der Waals surface area contributed by atoms with Crippen LogP contribution in [0, 0.1) is 0 Å². The Morgan fingerprint density at radius 3 is 2.62 bits per heavy atom. The Morgan fingerprint density at radius 1 is 1.29 bits per heavy atom. The van der Waals surface area contributed by atoms with Gasteiger partial charge in [0.1, 0.15) is 5.75 Å². The highest BCUT2D eigenvalue weighted by Crippen LogP contribution is 2.16. The quantitative estimate of drug-likeness (QED) is 0.922. The van der Waals surface area contributed by atoms with Gasteiger partial charge in [0.15, 0.2) is 0 Å². The van der Waals surface area contributed by atoms with Gasteiger partial charge in [0.05, 0.1) is 10.6 Å². The molecule has 0 bridgehead atoms.